The SMILES string of the molecule is CC(C)Oc1cccc(N2CCSCC2)c1N. The molecule has 17 heavy (non-hydrogen) atoms. The van der Waals surface area contributed by atoms with Gasteiger partial charge < -0.3 is 15.4 Å². The van der Waals surface area contributed by atoms with Crippen molar-refractivity contribution in [1.82, 2.24) is 0 Å². The quantitative estimate of drug-likeness (QED) is 0.839. The minimum Gasteiger partial charge on any atom is -0.489 e. The van der Waals surface area contributed by atoms with E-state index in [1.165, 1.54) is 11.5 Å². The first kappa shape index (κ1) is 12.4. The summed E-state index contributed by atoms with van der Waals surface area (Å²) in [5.41, 5.74) is 8.07. The molecule has 1 fully saturated rings. The van der Waals surface area contributed by atoms with Crippen molar-refractivity contribution < 1.29 is 4.74 Å². The van der Waals surface area contributed by atoms with Gasteiger partial charge in [0.05, 0.1) is 17.5 Å². The predicted octanol–water partition coefficient (Wildman–Crippen LogP) is 2.61. The highest BCUT2D eigenvalue weighted by atomic mass is 32.2. The zero-order chi connectivity index (χ0) is 12.3. The lowest BCUT2D eigenvalue weighted by molar-refractivity contribution is 0.244. The monoisotopic (exact) mass is 252 g/mol. The standard InChI is InChI=1S/C13H20N2OS/c1-10(2)16-12-5-3-4-11(13(12)14)15-6-8-17-9-7-15/h3-5,10H,6-9,14H2,1-2H3. The first-order valence-electron chi connectivity index (χ1n) is 6.06. The molecule has 0 spiro atoms. The molecule has 0 aromatic heterocycles. The number of ether oxygens (including phenoxy) is 1. The molecule has 1 saturated heterocycles. The minimum atomic E-state index is 0.157. The van der Waals surface area contributed by atoms with Gasteiger partial charge >= 0.3 is 0 Å². The van der Waals surface area contributed by atoms with E-state index in [4.69, 9.17) is 10.5 Å². The summed E-state index contributed by atoms with van der Waals surface area (Å²) < 4.78 is 5.72. The Morgan fingerprint density at radius 2 is 2.00 bits per heavy atom. The van der Waals surface area contributed by atoms with Crippen LogP contribution in [-0.2, 0) is 0 Å². The second-order valence-corrected chi connectivity index (χ2v) is 5.68. The average molecular weight is 252 g/mol. The van der Waals surface area contributed by atoms with Crippen molar-refractivity contribution in [2.24, 2.45) is 0 Å². The highest BCUT2D eigenvalue weighted by Gasteiger charge is 2.16. The maximum atomic E-state index is 6.19. The van der Waals surface area contributed by atoms with Gasteiger partial charge in [-0.1, -0.05) is 6.07 Å². The molecule has 0 saturated carbocycles. The fraction of sp³-hybridized carbons (Fsp3) is 0.538. The lowest BCUT2D eigenvalue weighted by atomic mass is 10.2. The fourth-order valence-electron chi connectivity index (χ4n) is 1.97. The van der Waals surface area contributed by atoms with Gasteiger partial charge in [-0.3, -0.25) is 0 Å². The highest BCUT2D eigenvalue weighted by molar-refractivity contribution is 7.99. The van der Waals surface area contributed by atoms with E-state index < -0.39 is 0 Å². The second kappa shape index (κ2) is 5.54. The normalized spacial score (nSPS) is 16.3. The van der Waals surface area contributed by atoms with E-state index in [2.05, 4.69) is 11.0 Å². The maximum absolute atomic E-state index is 6.19. The summed E-state index contributed by atoms with van der Waals surface area (Å²) in [5, 5.41) is 0. The van der Waals surface area contributed by atoms with Crippen LogP contribution in [0.15, 0.2) is 18.2 Å². The van der Waals surface area contributed by atoms with Gasteiger partial charge in [0.25, 0.3) is 0 Å². The van der Waals surface area contributed by atoms with Crippen molar-refractivity contribution in [3.05, 3.63) is 18.2 Å². The Bertz CT molecular complexity index is 376. The molecule has 0 bridgehead atoms. The summed E-state index contributed by atoms with van der Waals surface area (Å²) in [4.78, 5) is 2.35. The number of hydrogen-bond donors (Lipinski definition) is 1. The van der Waals surface area contributed by atoms with Crippen LogP contribution in [-0.4, -0.2) is 30.7 Å². The van der Waals surface area contributed by atoms with Crippen molar-refractivity contribution in [1.29, 1.82) is 0 Å². The summed E-state index contributed by atoms with van der Waals surface area (Å²) in [5.74, 6) is 3.15. The van der Waals surface area contributed by atoms with Crippen LogP contribution < -0.4 is 15.4 Å². The third kappa shape index (κ3) is 3.00. The molecular formula is C13H20N2OS. The number of rotatable bonds is 3. The van der Waals surface area contributed by atoms with Gasteiger partial charge in [0.2, 0.25) is 0 Å². The van der Waals surface area contributed by atoms with E-state index in [-0.39, 0.29) is 6.10 Å². The van der Waals surface area contributed by atoms with E-state index in [1.54, 1.807) is 0 Å². The Labute approximate surface area is 107 Å². The molecule has 1 aliphatic heterocycles. The molecule has 0 unspecified atom stereocenters. The lowest BCUT2D eigenvalue weighted by Crippen LogP contribution is -2.33. The molecule has 0 atom stereocenters. The van der Waals surface area contributed by atoms with Gasteiger partial charge in [0.15, 0.2) is 0 Å². The number of nitrogens with two attached hydrogens (primary N) is 1. The molecule has 2 rings (SSSR count). The molecule has 0 radical (unpaired) electrons. The third-order valence-electron chi connectivity index (χ3n) is 2.76. The van der Waals surface area contributed by atoms with Crippen LogP contribution >= 0.6 is 11.8 Å². The Hall–Kier alpha value is -1.03. The first-order valence-corrected chi connectivity index (χ1v) is 7.22. The summed E-state index contributed by atoms with van der Waals surface area (Å²) >= 11 is 2.00. The van der Waals surface area contributed by atoms with Gasteiger partial charge in [0, 0.05) is 24.6 Å². The van der Waals surface area contributed by atoms with Gasteiger partial charge in [-0.05, 0) is 26.0 Å². The molecule has 1 aliphatic rings. The van der Waals surface area contributed by atoms with Crippen LogP contribution in [0.3, 0.4) is 0 Å². The zero-order valence-electron chi connectivity index (χ0n) is 10.5. The molecule has 4 heteroatoms. The molecule has 0 amide bonds. The van der Waals surface area contributed by atoms with Crippen LogP contribution in [0.2, 0.25) is 0 Å². The zero-order valence-corrected chi connectivity index (χ0v) is 11.3. The molecular weight excluding hydrogens is 232 g/mol. The minimum absolute atomic E-state index is 0.157. The van der Waals surface area contributed by atoms with Crippen LogP contribution in [0.4, 0.5) is 11.4 Å². The average Bonchev–Trinajstić information content (AvgIpc) is 2.32. The number of para-hydroxylation sites is 1. The van der Waals surface area contributed by atoms with Crippen molar-refractivity contribution >= 4 is 23.1 Å². The smallest absolute Gasteiger partial charge is 0.144 e. The van der Waals surface area contributed by atoms with E-state index >= 15 is 0 Å². The number of nitrogen functional groups attached to an aromatic ring is 1. The highest BCUT2D eigenvalue weighted by Crippen LogP contribution is 2.33. The van der Waals surface area contributed by atoms with Crippen molar-refractivity contribution in [2.75, 3.05) is 35.2 Å². The van der Waals surface area contributed by atoms with Gasteiger partial charge in [-0.25, -0.2) is 0 Å². The fourth-order valence-corrected chi connectivity index (χ4v) is 2.87. The number of thioether (sulfide) groups is 1. The van der Waals surface area contributed by atoms with Gasteiger partial charge in [-0.2, -0.15) is 11.8 Å². The van der Waals surface area contributed by atoms with Gasteiger partial charge in [0.1, 0.15) is 5.75 Å². The van der Waals surface area contributed by atoms with E-state index in [0.717, 1.165) is 30.2 Å². The van der Waals surface area contributed by atoms with E-state index in [1.807, 2.05) is 37.7 Å². The Balaban J connectivity index is 2.21. The molecule has 1 heterocycles. The lowest BCUT2D eigenvalue weighted by Gasteiger charge is -2.30. The Morgan fingerprint density at radius 3 is 2.65 bits per heavy atom. The Kier molecular flexibility index (Phi) is 4.05. The van der Waals surface area contributed by atoms with Crippen molar-refractivity contribution in [3.63, 3.8) is 0 Å². The predicted molar refractivity (Wildman–Crippen MR) is 76.2 cm³/mol. The van der Waals surface area contributed by atoms with Crippen LogP contribution in [0, 0.1) is 0 Å². The molecule has 94 valence electrons. The Morgan fingerprint density at radius 1 is 1.29 bits per heavy atom. The molecule has 1 aromatic rings. The number of anilines is 2. The maximum Gasteiger partial charge on any atom is 0.144 e. The van der Waals surface area contributed by atoms with Crippen molar-refractivity contribution in [3.8, 4) is 5.75 Å². The first-order chi connectivity index (χ1) is 8.18. The number of benzene rings is 1. The molecule has 0 aliphatic carbocycles. The van der Waals surface area contributed by atoms with E-state index in [0.29, 0.717) is 0 Å². The summed E-state index contributed by atoms with van der Waals surface area (Å²) in [6.07, 6.45) is 0.157. The van der Waals surface area contributed by atoms with Crippen molar-refractivity contribution in [2.45, 2.75) is 20.0 Å². The third-order valence-corrected chi connectivity index (χ3v) is 3.70. The summed E-state index contributed by atoms with van der Waals surface area (Å²) in [6.45, 7) is 6.17. The van der Waals surface area contributed by atoms with Crippen LogP contribution in [0.1, 0.15) is 13.8 Å². The summed E-state index contributed by atoms with van der Waals surface area (Å²) in [6, 6.07) is 6.04. The largest absolute Gasteiger partial charge is 0.489 e. The summed E-state index contributed by atoms with van der Waals surface area (Å²) in [7, 11) is 0. The van der Waals surface area contributed by atoms with Crippen LogP contribution in [0.5, 0.6) is 5.75 Å². The van der Waals surface area contributed by atoms with Gasteiger partial charge in [-0.15, -0.1) is 0 Å². The topological polar surface area (TPSA) is 38.5 Å². The number of hydrogen-bond acceptors (Lipinski definition) is 4. The molecule has 1 aromatic carbocycles. The number of nitrogens with zero attached hydrogens (tertiary/aromatic N) is 1. The molecule has 2 N–H and O–H groups in total. The van der Waals surface area contributed by atoms with Crippen LogP contribution in [0.25, 0.3) is 0 Å². The van der Waals surface area contributed by atoms with E-state index in [9.17, 15) is 0 Å². The molecule has 3 nitrogen and oxygen atoms in total. The second-order valence-electron chi connectivity index (χ2n) is 4.45.